The molecule has 0 N–H and O–H groups in total. The van der Waals surface area contributed by atoms with E-state index in [0.717, 1.165) is 94.1 Å². The van der Waals surface area contributed by atoms with Gasteiger partial charge in [0.05, 0.1) is 16.7 Å². The summed E-state index contributed by atoms with van der Waals surface area (Å²) >= 11 is 0. The van der Waals surface area contributed by atoms with Crippen LogP contribution in [0.1, 0.15) is 48.6 Å². The molecule has 0 fully saturated rings. The number of allylic oxidation sites excluding steroid dienone is 1. The summed E-state index contributed by atoms with van der Waals surface area (Å²) in [4.78, 5) is 5.13. The van der Waals surface area contributed by atoms with Crippen LogP contribution in [0.25, 0.3) is 83.7 Å². The maximum absolute atomic E-state index is 6.64. The summed E-state index contributed by atoms with van der Waals surface area (Å²) in [5.74, 6) is 0. The Kier molecular flexibility index (Phi) is 10.2. The van der Waals surface area contributed by atoms with E-state index in [9.17, 15) is 0 Å². The fourth-order valence-electron chi connectivity index (χ4n) is 13.3. The first-order chi connectivity index (χ1) is 38.4. The van der Waals surface area contributed by atoms with Gasteiger partial charge < -0.3 is 23.2 Å². The number of nitrogens with zero attached hydrogens (tertiary/aromatic N) is 3. The number of hydrogen-bond acceptors (Lipinski definition) is 4. The number of hydrogen-bond donors (Lipinski definition) is 0. The summed E-state index contributed by atoms with van der Waals surface area (Å²) < 4.78 is 15.6. The molecule has 15 rings (SSSR count). The highest BCUT2D eigenvalue weighted by Crippen LogP contribution is 2.49. The van der Waals surface area contributed by atoms with E-state index in [0.29, 0.717) is 0 Å². The van der Waals surface area contributed by atoms with E-state index in [2.05, 4.69) is 245 Å². The second-order valence-electron chi connectivity index (χ2n) is 22.8. The van der Waals surface area contributed by atoms with Gasteiger partial charge in [0.15, 0.2) is 0 Å². The van der Waals surface area contributed by atoms with E-state index in [1.165, 1.54) is 72.0 Å². The topological polar surface area (TPSA) is 37.7 Å². The molecule has 378 valence electrons. The van der Waals surface area contributed by atoms with E-state index < -0.39 is 0 Å². The minimum absolute atomic E-state index is 0.0885. The Labute approximate surface area is 460 Å². The smallest absolute Gasteiger partial charge is 0.252 e. The van der Waals surface area contributed by atoms with Crippen molar-refractivity contribution in [2.45, 2.75) is 47.0 Å². The number of aryl methyl sites for hydroxylation is 3. The third-order valence-corrected chi connectivity index (χ3v) is 16.9. The van der Waals surface area contributed by atoms with Gasteiger partial charge in [-0.15, -0.1) is 0 Å². The van der Waals surface area contributed by atoms with Gasteiger partial charge >= 0.3 is 0 Å². The van der Waals surface area contributed by atoms with Gasteiger partial charge in [0.2, 0.25) is 0 Å². The van der Waals surface area contributed by atoms with Gasteiger partial charge in [-0.3, -0.25) is 0 Å². The summed E-state index contributed by atoms with van der Waals surface area (Å²) in [6, 6.07) is 73.5. The van der Waals surface area contributed by atoms with Crippen LogP contribution in [-0.2, 0) is 5.41 Å². The van der Waals surface area contributed by atoms with Crippen LogP contribution in [0.2, 0.25) is 0 Å². The molecule has 5 nitrogen and oxygen atoms in total. The van der Waals surface area contributed by atoms with Crippen LogP contribution in [0.3, 0.4) is 0 Å². The van der Waals surface area contributed by atoms with Gasteiger partial charge in [0.25, 0.3) is 6.71 Å². The van der Waals surface area contributed by atoms with Crippen molar-refractivity contribution in [3.63, 3.8) is 0 Å². The molecule has 0 unspecified atom stereocenters. The maximum atomic E-state index is 6.64. The molecule has 3 aromatic heterocycles. The van der Waals surface area contributed by atoms with Gasteiger partial charge in [-0.25, -0.2) is 0 Å². The number of anilines is 6. The number of benzene rings is 10. The lowest BCUT2D eigenvalue weighted by Gasteiger charge is -2.45. The van der Waals surface area contributed by atoms with E-state index in [-0.39, 0.29) is 12.1 Å². The van der Waals surface area contributed by atoms with Gasteiger partial charge in [-0.2, -0.15) is 0 Å². The summed E-state index contributed by atoms with van der Waals surface area (Å²) in [5, 5.41) is 6.57. The van der Waals surface area contributed by atoms with Crippen LogP contribution in [0.15, 0.2) is 222 Å². The molecular weight excluding hydrogens is 962 g/mol. The maximum Gasteiger partial charge on any atom is 0.252 e. The normalized spacial score (nSPS) is 13.4. The standard InChI is InChI=1S/C73H56BN3O2/c1-9-52(71-46(5)53-22-14-17-28-67(53)78-71)47-30-33-51(34-31-47)76-64-42-62-58(55-23-13-16-27-61(55)75(62)50-20-11-10-12-21-50)41-60(64)74-59-35-32-49(73(6,7)8)40-63(59)77(66-37-43(2)36-65(76)69(66)74)70-44(3)38-48(39-45(70)4)54-25-19-26-57-56-24-15-18-29-68(56)79-72(54)57/h9-42H,1,5H2,2-4,6-8H3/b71-52-. The first-order valence-electron chi connectivity index (χ1n) is 27.4. The number of fused-ring (bicyclic) bond motifs is 11. The molecule has 10 aromatic carbocycles. The van der Waals surface area contributed by atoms with Crippen LogP contribution in [-0.4, -0.2) is 11.3 Å². The summed E-state index contributed by atoms with van der Waals surface area (Å²) in [7, 11) is 0. The second kappa shape index (κ2) is 17.2. The third kappa shape index (κ3) is 6.96. The zero-order chi connectivity index (χ0) is 53.6. The number of rotatable bonds is 6. The molecule has 2 aliphatic heterocycles. The molecule has 0 spiro atoms. The van der Waals surface area contributed by atoms with E-state index in [4.69, 9.17) is 8.83 Å². The average molecular weight is 1020 g/mol. The van der Waals surface area contributed by atoms with Gasteiger partial charge in [0, 0.05) is 77.4 Å². The molecule has 0 radical (unpaired) electrons. The highest BCUT2D eigenvalue weighted by molar-refractivity contribution is 7.00. The van der Waals surface area contributed by atoms with Crippen molar-refractivity contribution in [3.05, 3.63) is 251 Å². The van der Waals surface area contributed by atoms with Crippen molar-refractivity contribution in [1.29, 1.82) is 0 Å². The SMILES string of the molecule is C=C/C(c1ccc(N2c3cc4c(cc3B3c5ccc(C(C)(C)C)cc5N(c5c(C)cc(-c6cccc7c6oc6ccccc67)cc5C)c5cc(C)cc2c53)c2ccccc2n4-c2ccccc2)cc1)=c1/oc2ccccc2c1=C. The van der Waals surface area contributed by atoms with Crippen LogP contribution >= 0.6 is 0 Å². The van der Waals surface area contributed by atoms with Gasteiger partial charge in [-0.1, -0.05) is 161 Å². The van der Waals surface area contributed by atoms with Crippen LogP contribution in [0.5, 0.6) is 0 Å². The minimum atomic E-state index is -0.0979. The molecule has 79 heavy (non-hydrogen) atoms. The largest absolute Gasteiger partial charge is 0.455 e. The highest BCUT2D eigenvalue weighted by Gasteiger charge is 2.45. The van der Waals surface area contributed by atoms with Crippen LogP contribution in [0.4, 0.5) is 34.1 Å². The lowest BCUT2D eigenvalue weighted by Crippen LogP contribution is -2.61. The Bertz CT molecular complexity index is 4830. The van der Waals surface area contributed by atoms with E-state index in [1.54, 1.807) is 0 Å². The fraction of sp³-hybridized carbons (Fsp3) is 0.0959. The zero-order valence-electron chi connectivity index (χ0n) is 45.3. The summed E-state index contributed by atoms with van der Waals surface area (Å²) in [6.07, 6.45) is 1.89. The number of para-hydroxylation sites is 5. The van der Waals surface area contributed by atoms with Crippen molar-refractivity contribution in [1.82, 2.24) is 4.57 Å². The Hall–Kier alpha value is -9.52. The molecule has 0 bridgehead atoms. The molecule has 0 aliphatic carbocycles. The molecule has 0 saturated carbocycles. The predicted octanol–water partition coefficient (Wildman–Crippen LogP) is 16.2. The van der Waals surface area contributed by atoms with E-state index >= 15 is 0 Å². The lowest BCUT2D eigenvalue weighted by atomic mass is 9.33. The Morgan fingerprint density at radius 2 is 1.16 bits per heavy atom. The van der Waals surface area contributed by atoms with Crippen LogP contribution < -0.4 is 36.8 Å². The quantitative estimate of drug-likeness (QED) is 0.156. The Morgan fingerprint density at radius 1 is 0.519 bits per heavy atom. The average Bonchev–Trinajstić information content (AvgIpc) is 3.21. The van der Waals surface area contributed by atoms with Crippen molar-refractivity contribution in [2.75, 3.05) is 9.80 Å². The predicted molar refractivity (Wildman–Crippen MR) is 334 cm³/mol. The van der Waals surface area contributed by atoms with Gasteiger partial charge in [-0.05, 0) is 155 Å². The van der Waals surface area contributed by atoms with Crippen molar-refractivity contribution >= 4 is 124 Å². The molecule has 2 aliphatic rings. The summed E-state index contributed by atoms with van der Waals surface area (Å²) in [5.41, 5.74) is 26.5. The minimum Gasteiger partial charge on any atom is -0.455 e. The van der Waals surface area contributed by atoms with Crippen molar-refractivity contribution < 1.29 is 8.83 Å². The number of aromatic nitrogens is 1. The molecule has 6 heteroatoms. The third-order valence-electron chi connectivity index (χ3n) is 16.9. The summed E-state index contributed by atoms with van der Waals surface area (Å²) in [6.45, 7) is 22.5. The molecule has 5 heterocycles. The van der Waals surface area contributed by atoms with Crippen molar-refractivity contribution in [2.24, 2.45) is 0 Å². The van der Waals surface area contributed by atoms with Crippen LogP contribution in [0, 0.1) is 20.8 Å². The van der Waals surface area contributed by atoms with Crippen molar-refractivity contribution in [3.8, 4) is 16.8 Å². The second-order valence-corrected chi connectivity index (χ2v) is 22.8. The Balaban J connectivity index is 0.997. The van der Waals surface area contributed by atoms with E-state index in [1.807, 2.05) is 30.3 Å². The first kappa shape index (κ1) is 46.8. The molecule has 13 aromatic rings. The molecule has 0 atom stereocenters. The highest BCUT2D eigenvalue weighted by atomic mass is 16.3. The monoisotopic (exact) mass is 1020 g/mol. The molecule has 0 saturated heterocycles. The zero-order valence-corrected chi connectivity index (χ0v) is 45.3. The Morgan fingerprint density at radius 3 is 1.89 bits per heavy atom. The first-order valence-corrected chi connectivity index (χ1v) is 27.4. The number of furan rings is 2. The fourth-order valence-corrected chi connectivity index (χ4v) is 13.3. The molecule has 0 amide bonds. The molecular formula is C73H56BN3O2. The lowest BCUT2D eigenvalue weighted by molar-refractivity contribution is 0.573. The van der Waals surface area contributed by atoms with Gasteiger partial charge in [0.1, 0.15) is 22.2 Å².